The molecule has 5 heteroatoms. The summed E-state index contributed by atoms with van der Waals surface area (Å²) in [4.78, 5) is 1.23. The SMILES string of the molecule is O=S(=O)(N[C@H](c1ccccc1)c1cccs1)c1ccc2ccccc2c1. The molecule has 3 nitrogen and oxygen atoms in total. The minimum atomic E-state index is -3.67. The van der Waals surface area contributed by atoms with Crippen LogP contribution in [-0.2, 0) is 10.0 Å². The summed E-state index contributed by atoms with van der Waals surface area (Å²) in [5.41, 5.74) is 0.916. The number of hydrogen-bond acceptors (Lipinski definition) is 3. The van der Waals surface area contributed by atoms with E-state index in [0.29, 0.717) is 0 Å². The highest BCUT2D eigenvalue weighted by Crippen LogP contribution is 2.28. The van der Waals surface area contributed by atoms with Crippen LogP contribution in [0.1, 0.15) is 16.5 Å². The van der Waals surface area contributed by atoms with E-state index in [4.69, 9.17) is 0 Å². The van der Waals surface area contributed by atoms with Crippen molar-refractivity contribution in [1.29, 1.82) is 0 Å². The molecule has 1 atom stereocenters. The predicted octanol–water partition coefficient (Wildman–Crippen LogP) is 4.97. The van der Waals surface area contributed by atoms with Crippen molar-refractivity contribution in [2.24, 2.45) is 0 Å². The van der Waals surface area contributed by atoms with Crippen molar-refractivity contribution in [3.05, 3.63) is 101 Å². The van der Waals surface area contributed by atoms with Crippen molar-refractivity contribution in [3.8, 4) is 0 Å². The van der Waals surface area contributed by atoms with Crippen LogP contribution in [0.3, 0.4) is 0 Å². The quantitative estimate of drug-likeness (QED) is 0.532. The van der Waals surface area contributed by atoms with Gasteiger partial charge in [0.1, 0.15) is 0 Å². The Bertz CT molecular complexity index is 1120. The maximum absolute atomic E-state index is 13.0. The highest BCUT2D eigenvalue weighted by molar-refractivity contribution is 7.89. The number of nitrogens with one attached hydrogen (secondary N) is 1. The summed E-state index contributed by atoms with van der Waals surface area (Å²) in [7, 11) is -3.67. The van der Waals surface area contributed by atoms with Crippen LogP contribution >= 0.6 is 11.3 Å². The summed E-state index contributed by atoms with van der Waals surface area (Å²) in [5, 5.41) is 3.88. The number of benzene rings is 3. The second-order valence-electron chi connectivity index (χ2n) is 5.99. The summed E-state index contributed by atoms with van der Waals surface area (Å²) in [6.07, 6.45) is 0. The van der Waals surface area contributed by atoms with Gasteiger partial charge in [-0.15, -0.1) is 11.3 Å². The second-order valence-corrected chi connectivity index (χ2v) is 8.68. The van der Waals surface area contributed by atoms with Gasteiger partial charge in [0.05, 0.1) is 10.9 Å². The maximum atomic E-state index is 13.0. The van der Waals surface area contributed by atoms with Crippen LogP contribution in [0.25, 0.3) is 10.8 Å². The fourth-order valence-corrected chi connectivity index (χ4v) is 5.06. The third kappa shape index (κ3) is 3.42. The Hall–Kier alpha value is -2.47. The smallest absolute Gasteiger partial charge is 0.207 e. The van der Waals surface area contributed by atoms with E-state index in [2.05, 4.69) is 4.72 Å². The number of sulfonamides is 1. The van der Waals surface area contributed by atoms with E-state index in [1.54, 1.807) is 12.1 Å². The molecule has 0 bridgehead atoms. The lowest BCUT2D eigenvalue weighted by molar-refractivity contribution is 0.573. The van der Waals surface area contributed by atoms with E-state index in [0.717, 1.165) is 21.2 Å². The molecule has 0 unspecified atom stereocenters. The number of fused-ring (bicyclic) bond motifs is 1. The summed E-state index contributed by atoms with van der Waals surface area (Å²) >= 11 is 1.54. The minimum Gasteiger partial charge on any atom is -0.207 e. The molecule has 0 saturated heterocycles. The van der Waals surface area contributed by atoms with E-state index in [-0.39, 0.29) is 4.90 Å². The molecule has 0 aliphatic carbocycles. The van der Waals surface area contributed by atoms with E-state index < -0.39 is 16.1 Å². The summed E-state index contributed by atoms with van der Waals surface area (Å²) in [6.45, 7) is 0. The van der Waals surface area contributed by atoms with Gasteiger partial charge >= 0.3 is 0 Å². The summed E-state index contributed by atoms with van der Waals surface area (Å²) in [6, 6.07) is 26.1. The molecule has 0 saturated carbocycles. The maximum Gasteiger partial charge on any atom is 0.241 e. The van der Waals surface area contributed by atoms with Crippen molar-refractivity contribution in [1.82, 2.24) is 4.72 Å². The van der Waals surface area contributed by atoms with Gasteiger partial charge in [0, 0.05) is 4.88 Å². The Balaban J connectivity index is 1.74. The van der Waals surface area contributed by atoms with Crippen LogP contribution in [0.5, 0.6) is 0 Å². The van der Waals surface area contributed by atoms with Gasteiger partial charge in [-0.2, -0.15) is 4.72 Å². The Morgan fingerprint density at radius 1 is 0.769 bits per heavy atom. The zero-order chi connectivity index (χ0) is 18.0. The van der Waals surface area contributed by atoms with Crippen LogP contribution in [0.15, 0.2) is 95.2 Å². The normalized spacial score (nSPS) is 12.9. The zero-order valence-corrected chi connectivity index (χ0v) is 15.5. The Labute approximate surface area is 157 Å². The highest BCUT2D eigenvalue weighted by Gasteiger charge is 2.23. The van der Waals surface area contributed by atoms with Gasteiger partial charge in [0.2, 0.25) is 10.0 Å². The first-order valence-corrected chi connectivity index (χ1v) is 10.6. The van der Waals surface area contributed by atoms with Crippen LogP contribution in [-0.4, -0.2) is 8.42 Å². The van der Waals surface area contributed by atoms with Crippen LogP contribution in [0, 0.1) is 0 Å². The number of thiophene rings is 1. The Kier molecular flexibility index (Phi) is 4.59. The molecular weight excluding hydrogens is 362 g/mol. The van der Waals surface area contributed by atoms with Crippen molar-refractivity contribution in [2.45, 2.75) is 10.9 Å². The number of hydrogen-bond donors (Lipinski definition) is 1. The topological polar surface area (TPSA) is 46.2 Å². The van der Waals surface area contributed by atoms with Gasteiger partial charge in [-0.1, -0.05) is 66.7 Å². The molecule has 3 aromatic carbocycles. The largest absolute Gasteiger partial charge is 0.241 e. The molecule has 130 valence electrons. The molecular formula is C21H17NO2S2. The lowest BCUT2D eigenvalue weighted by Gasteiger charge is -2.18. The van der Waals surface area contributed by atoms with E-state index in [9.17, 15) is 8.42 Å². The third-order valence-electron chi connectivity index (χ3n) is 4.26. The van der Waals surface area contributed by atoms with Gasteiger partial charge in [-0.3, -0.25) is 0 Å². The van der Waals surface area contributed by atoms with Gasteiger partial charge in [0.25, 0.3) is 0 Å². The van der Waals surface area contributed by atoms with Crippen molar-refractivity contribution in [3.63, 3.8) is 0 Å². The summed E-state index contributed by atoms with van der Waals surface area (Å²) in [5.74, 6) is 0. The average molecular weight is 380 g/mol. The minimum absolute atomic E-state index is 0.272. The van der Waals surface area contributed by atoms with Crippen LogP contribution < -0.4 is 4.72 Å². The molecule has 0 fully saturated rings. The first kappa shape index (κ1) is 17.0. The van der Waals surface area contributed by atoms with E-state index >= 15 is 0 Å². The standard InChI is InChI=1S/C21H17NO2S2/c23-26(24,19-13-12-16-7-4-5-10-18(16)15-19)22-21(20-11-6-14-25-20)17-8-2-1-3-9-17/h1-15,21-22H/t21-/m1/s1. The van der Waals surface area contributed by atoms with E-state index in [1.165, 1.54) is 11.3 Å². The third-order valence-corrected chi connectivity index (χ3v) is 6.62. The summed E-state index contributed by atoms with van der Waals surface area (Å²) < 4.78 is 29.0. The van der Waals surface area contributed by atoms with Crippen molar-refractivity contribution >= 4 is 32.1 Å². The molecule has 4 rings (SSSR count). The first-order valence-electron chi connectivity index (χ1n) is 8.23. The first-order chi connectivity index (χ1) is 12.6. The van der Waals surface area contributed by atoms with Crippen LogP contribution in [0.4, 0.5) is 0 Å². The van der Waals surface area contributed by atoms with Crippen molar-refractivity contribution < 1.29 is 8.42 Å². The van der Waals surface area contributed by atoms with Crippen molar-refractivity contribution in [2.75, 3.05) is 0 Å². The lowest BCUT2D eigenvalue weighted by Crippen LogP contribution is -2.29. The Morgan fingerprint density at radius 2 is 1.50 bits per heavy atom. The number of rotatable bonds is 5. The van der Waals surface area contributed by atoms with Gasteiger partial charge in [-0.25, -0.2) is 8.42 Å². The second kappa shape index (κ2) is 7.03. The molecule has 0 radical (unpaired) electrons. The lowest BCUT2D eigenvalue weighted by atomic mass is 10.1. The molecule has 0 spiro atoms. The van der Waals surface area contributed by atoms with Gasteiger partial charge in [0.15, 0.2) is 0 Å². The van der Waals surface area contributed by atoms with Gasteiger partial charge < -0.3 is 0 Å². The molecule has 1 heterocycles. The molecule has 4 aromatic rings. The fraction of sp³-hybridized carbons (Fsp3) is 0.0476. The molecule has 0 aliphatic heterocycles. The molecule has 0 amide bonds. The Morgan fingerprint density at radius 3 is 2.23 bits per heavy atom. The predicted molar refractivity (Wildman–Crippen MR) is 107 cm³/mol. The zero-order valence-electron chi connectivity index (χ0n) is 13.9. The van der Waals surface area contributed by atoms with Gasteiger partial charge in [-0.05, 0) is 39.9 Å². The van der Waals surface area contributed by atoms with Crippen LogP contribution in [0.2, 0.25) is 0 Å². The molecule has 26 heavy (non-hydrogen) atoms. The fourth-order valence-electron chi connectivity index (χ4n) is 2.95. The van der Waals surface area contributed by atoms with E-state index in [1.807, 2.05) is 78.2 Å². The molecule has 0 aliphatic rings. The monoisotopic (exact) mass is 379 g/mol. The molecule has 1 N–H and O–H groups in total. The highest BCUT2D eigenvalue weighted by atomic mass is 32.2. The molecule has 1 aromatic heterocycles. The average Bonchev–Trinajstić information content (AvgIpc) is 3.21.